The van der Waals surface area contributed by atoms with Crippen molar-refractivity contribution in [1.29, 1.82) is 0 Å². The molecule has 1 saturated carbocycles. The van der Waals surface area contributed by atoms with E-state index in [2.05, 4.69) is 13.0 Å². The van der Waals surface area contributed by atoms with Gasteiger partial charge in [-0.1, -0.05) is 75.8 Å². The lowest BCUT2D eigenvalue weighted by Crippen LogP contribution is -2.64. The number of cyclic esters (lactones) is 1. The maximum Gasteiger partial charge on any atom is 0.329 e. The first kappa shape index (κ1) is 53.6. The number of aliphatic hydroxyl groups is 2. The first-order chi connectivity index (χ1) is 31.5. The zero-order valence-corrected chi connectivity index (χ0v) is 41.1. The molecule has 14 heteroatoms. The number of hydrogen-bond donors (Lipinski definition) is 2. The molecule has 0 radical (unpaired) electrons. The smallest absolute Gasteiger partial charge is 0.329 e. The Labute approximate surface area is 393 Å². The van der Waals surface area contributed by atoms with Gasteiger partial charge in [0.1, 0.15) is 30.1 Å². The number of carbonyl (C=O) groups is 4. The van der Waals surface area contributed by atoms with Gasteiger partial charge in [-0.3, -0.25) is 14.4 Å². The number of Topliss-reactive ketones (excluding diaryl/α,β-unsaturated/α-hetero) is 2. The molecule has 5 rings (SSSR count). The van der Waals surface area contributed by atoms with Crippen molar-refractivity contribution in [2.45, 2.75) is 173 Å². The van der Waals surface area contributed by atoms with Crippen LogP contribution in [0.25, 0.3) is 0 Å². The Morgan fingerprint density at radius 1 is 0.894 bits per heavy atom. The second-order valence-electron chi connectivity index (χ2n) is 19.6. The maximum atomic E-state index is 14.5. The van der Waals surface area contributed by atoms with Crippen molar-refractivity contribution in [1.82, 2.24) is 4.90 Å². The van der Waals surface area contributed by atoms with E-state index in [4.69, 9.17) is 33.2 Å². The Bertz CT molecular complexity index is 1820. The van der Waals surface area contributed by atoms with Crippen LogP contribution in [0.4, 0.5) is 0 Å². The second kappa shape index (κ2) is 24.8. The number of fused-ring (bicyclic) bond motifs is 3. The van der Waals surface area contributed by atoms with Crippen molar-refractivity contribution in [2.75, 3.05) is 41.6 Å². The molecule has 1 amide bonds. The topological polar surface area (TPSA) is 177 Å². The molecule has 3 aliphatic heterocycles. The third-order valence-corrected chi connectivity index (χ3v) is 14.8. The first-order valence-corrected chi connectivity index (χ1v) is 24.3. The summed E-state index contributed by atoms with van der Waals surface area (Å²) in [4.78, 5) is 58.5. The highest BCUT2D eigenvalue weighted by molar-refractivity contribution is 6.39. The Hall–Kier alpha value is -3.34. The van der Waals surface area contributed by atoms with Gasteiger partial charge in [-0.25, -0.2) is 4.79 Å². The van der Waals surface area contributed by atoms with Crippen LogP contribution in [0.15, 0.2) is 53.6 Å². The highest BCUT2D eigenvalue weighted by atomic mass is 16.7. The molecule has 370 valence electrons. The normalized spacial score (nSPS) is 36.7. The minimum absolute atomic E-state index is 0.0137. The molecular weight excluding hydrogens is 847 g/mol. The van der Waals surface area contributed by atoms with Crippen molar-refractivity contribution in [3.05, 3.63) is 59.2 Å². The van der Waals surface area contributed by atoms with Crippen LogP contribution in [0.5, 0.6) is 0 Å². The lowest BCUT2D eigenvalue weighted by atomic mass is 9.81. The maximum absolute atomic E-state index is 14.5. The molecule has 2 N–H and O–H groups in total. The number of carbonyl (C=O) groups excluding carboxylic acids is 4. The van der Waals surface area contributed by atoms with Crippen molar-refractivity contribution < 1.29 is 62.5 Å². The van der Waals surface area contributed by atoms with Crippen LogP contribution in [-0.2, 0) is 52.3 Å². The van der Waals surface area contributed by atoms with Gasteiger partial charge in [0.05, 0.1) is 37.1 Å². The summed E-state index contributed by atoms with van der Waals surface area (Å²) < 4.78 is 42.6. The quantitative estimate of drug-likeness (QED) is 0.134. The monoisotopic (exact) mass is 926 g/mol. The SMILES string of the molecule is CCC1C=C(C)CC(C)CC(OC)C2OC(O)(C(=O)C(=O)N3CCCCC3C(=O)OC(C(C)=CC3CCC(OCC(OC)c4ccccc4)C(OC)C3)C(C)C(O)CC1=O)C(C)CC2OC. The predicted molar refractivity (Wildman–Crippen MR) is 248 cm³/mol. The average molecular weight is 926 g/mol. The van der Waals surface area contributed by atoms with Crippen molar-refractivity contribution in [3.63, 3.8) is 0 Å². The number of hydrogen-bond acceptors (Lipinski definition) is 13. The minimum atomic E-state index is -2.51. The molecule has 0 aromatic heterocycles. The molecule has 0 spiro atoms. The molecule has 4 aliphatic rings. The molecule has 14 nitrogen and oxygen atoms in total. The molecule has 2 bridgehead atoms. The number of esters is 1. The summed E-state index contributed by atoms with van der Waals surface area (Å²) in [5.74, 6) is -7.51. The Morgan fingerprint density at radius 3 is 2.23 bits per heavy atom. The van der Waals surface area contributed by atoms with Crippen LogP contribution in [0, 0.1) is 29.6 Å². The largest absolute Gasteiger partial charge is 0.456 e. The molecule has 3 fully saturated rings. The lowest BCUT2D eigenvalue weighted by molar-refractivity contribution is -0.302. The van der Waals surface area contributed by atoms with Crippen LogP contribution in [0.3, 0.4) is 0 Å². The molecule has 15 atom stereocenters. The fourth-order valence-corrected chi connectivity index (χ4v) is 10.7. The molecule has 1 aromatic carbocycles. The summed E-state index contributed by atoms with van der Waals surface area (Å²) in [6.07, 6.45) is 4.39. The van der Waals surface area contributed by atoms with Gasteiger partial charge in [-0.15, -0.1) is 0 Å². The zero-order chi connectivity index (χ0) is 48.3. The van der Waals surface area contributed by atoms with E-state index in [1.54, 1.807) is 28.1 Å². The summed E-state index contributed by atoms with van der Waals surface area (Å²) in [6.45, 7) is 11.7. The van der Waals surface area contributed by atoms with Crippen molar-refractivity contribution in [3.8, 4) is 0 Å². The fraction of sp³-hybridized carbons (Fsp3) is 0.731. The van der Waals surface area contributed by atoms with Crippen molar-refractivity contribution in [2.24, 2.45) is 29.6 Å². The zero-order valence-electron chi connectivity index (χ0n) is 41.1. The van der Waals surface area contributed by atoms with Gasteiger partial charge in [0.15, 0.2) is 0 Å². The minimum Gasteiger partial charge on any atom is -0.456 e. The molecular formula is C52H79NO13. The van der Waals surface area contributed by atoms with E-state index in [0.29, 0.717) is 57.1 Å². The third kappa shape index (κ3) is 13.0. The Kier molecular flexibility index (Phi) is 20.1. The molecule has 1 aromatic rings. The number of benzene rings is 1. The molecule has 2 saturated heterocycles. The summed E-state index contributed by atoms with van der Waals surface area (Å²) in [5, 5.41) is 24.0. The van der Waals surface area contributed by atoms with E-state index in [1.807, 2.05) is 57.2 Å². The van der Waals surface area contributed by atoms with Crippen LogP contribution >= 0.6 is 0 Å². The van der Waals surface area contributed by atoms with Crippen LogP contribution in [-0.4, -0.2) is 135 Å². The van der Waals surface area contributed by atoms with Gasteiger partial charge in [-0.2, -0.15) is 0 Å². The highest BCUT2D eigenvalue weighted by Crippen LogP contribution is 2.39. The molecule has 66 heavy (non-hydrogen) atoms. The molecule has 15 unspecified atom stereocenters. The van der Waals surface area contributed by atoms with Crippen LogP contribution in [0.1, 0.15) is 124 Å². The van der Waals surface area contributed by atoms with Gasteiger partial charge in [0.2, 0.25) is 5.79 Å². The van der Waals surface area contributed by atoms with Gasteiger partial charge < -0.3 is 48.3 Å². The predicted octanol–water partition coefficient (Wildman–Crippen LogP) is 6.88. The van der Waals surface area contributed by atoms with E-state index >= 15 is 0 Å². The number of ketones is 2. The fourth-order valence-electron chi connectivity index (χ4n) is 10.7. The van der Waals surface area contributed by atoms with Gasteiger partial charge in [-0.05, 0) is 101 Å². The van der Waals surface area contributed by atoms with E-state index in [-0.39, 0.29) is 61.7 Å². The number of aliphatic hydroxyl groups excluding tert-OH is 1. The van der Waals surface area contributed by atoms with E-state index < -0.39 is 77.8 Å². The lowest BCUT2D eigenvalue weighted by Gasteiger charge is -2.47. The van der Waals surface area contributed by atoms with Gasteiger partial charge >= 0.3 is 5.97 Å². The first-order valence-electron chi connectivity index (χ1n) is 24.3. The third-order valence-electron chi connectivity index (χ3n) is 14.8. The average Bonchev–Trinajstić information content (AvgIpc) is 3.31. The summed E-state index contributed by atoms with van der Waals surface area (Å²) >= 11 is 0. The molecule has 1 aliphatic carbocycles. The molecule has 3 heterocycles. The van der Waals surface area contributed by atoms with Gasteiger partial charge in [0.25, 0.3) is 11.7 Å². The Morgan fingerprint density at radius 2 is 1.58 bits per heavy atom. The van der Waals surface area contributed by atoms with E-state index in [9.17, 15) is 29.4 Å². The van der Waals surface area contributed by atoms with E-state index in [1.165, 1.54) is 19.1 Å². The summed E-state index contributed by atoms with van der Waals surface area (Å²) in [5.41, 5.74) is 2.71. The Balaban J connectivity index is 1.45. The second-order valence-corrected chi connectivity index (χ2v) is 19.6. The van der Waals surface area contributed by atoms with Crippen LogP contribution in [0.2, 0.25) is 0 Å². The van der Waals surface area contributed by atoms with Crippen molar-refractivity contribution >= 4 is 23.4 Å². The van der Waals surface area contributed by atoms with Gasteiger partial charge in [0, 0.05) is 59.2 Å². The number of methoxy groups -OCH3 is 4. The highest BCUT2D eigenvalue weighted by Gasteiger charge is 2.56. The van der Waals surface area contributed by atoms with E-state index in [0.717, 1.165) is 17.6 Å². The standard InChI is InChI=1S/C52H79NO13/c1-11-37-24-31(2)23-32(3)25-44(61-8)48-45(62-9)27-34(5)52(59,66-48)49(56)50(57)53-22-16-15-19-39(53)51(58)65-47(35(6)40(54)29-41(37)55)33(4)26-36-20-21-42(43(28-36)60-7)64-30-46(63-10)38-17-13-12-14-18-38/h12-14,17-18,24,26,32,34-37,39-40,42-48,54,59H,11,15-16,19-23,25,27-30H2,1-10H3. The number of rotatable bonds is 11. The number of ether oxygens (including phenoxy) is 7. The van der Waals surface area contributed by atoms with Crippen LogP contribution < -0.4 is 0 Å². The number of allylic oxidation sites excluding steroid dienone is 3. The summed E-state index contributed by atoms with van der Waals surface area (Å²) in [6, 6.07) is 8.79. The number of nitrogens with zero attached hydrogens (tertiary/aromatic N) is 1. The summed E-state index contributed by atoms with van der Waals surface area (Å²) in [7, 11) is 6.42. The number of amides is 1. The number of piperidine rings is 1.